The van der Waals surface area contributed by atoms with E-state index < -0.39 is 5.76 Å². The van der Waals surface area contributed by atoms with E-state index in [4.69, 9.17) is 24.5 Å². The van der Waals surface area contributed by atoms with Gasteiger partial charge in [-0.2, -0.15) is 0 Å². The summed E-state index contributed by atoms with van der Waals surface area (Å²) in [7, 11) is 0. The SMILES string of the molecule is CC(C)c1ccnc(-c2nc3nc(-c4noc(=O)[nH]4)nc(NC(C)C4CCC4)c3n2CC2CCC(C)(C)CC2)c1. The molecule has 0 saturated heterocycles. The largest absolute Gasteiger partial charge is 0.439 e. The number of pyridine rings is 1. The van der Waals surface area contributed by atoms with Gasteiger partial charge < -0.3 is 9.88 Å². The van der Waals surface area contributed by atoms with Gasteiger partial charge in [0.2, 0.25) is 11.6 Å². The first kappa shape index (κ1) is 26.7. The number of anilines is 1. The Morgan fingerprint density at radius 3 is 2.55 bits per heavy atom. The minimum absolute atomic E-state index is 0.191. The number of imidazole rings is 1. The maximum Gasteiger partial charge on any atom is 0.439 e. The van der Waals surface area contributed by atoms with Crippen LogP contribution in [-0.4, -0.2) is 40.7 Å². The average Bonchev–Trinajstić information content (AvgIpc) is 3.48. The number of aromatic nitrogens is 7. The van der Waals surface area contributed by atoms with E-state index in [-0.39, 0.29) is 17.7 Å². The van der Waals surface area contributed by atoms with Crippen molar-refractivity contribution in [2.45, 2.75) is 98.1 Å². The second kappa shape index (κ2) is 10.4. The fourth-order valence-corrected chi connectivity index (χ4v) is 6.04. The third kappa shape index (κ3) is 5.28. The molecule has 6 rings (SSSR count). The molecule has 10 nitrogen and oxygen atoms in total. The number of hydrogen-bond acceptors (Lipinski definition) is 8. The van der Waals surface area contributed by atoms with Crippen molar-refractivity contribution in [3.05, 3.63) is 34.4 Å². The lowest BCUT2D eigenvalue weighted by Crippen LogP contribution is -2.31. The van der Waals surface area contributed by atoms with Crippen LogP contribution in [0, 0.1) is 17.3 Å². The van der Waals surface area contributed by atoms with Crippen molar-refractivity contribution < 1.29 is 4.52 Å². The topological polar surface area (TPSA) is 127 Å². The lowest BCUT2D eigenvalue weighted by molar-refractivity contribution is 0.180. The van der Waals surface area contributed by atoms with Crippen molar-refractivity contribution in [2.24, 2.45) is 17.3 Å². The van der Waals surface area contributed by atoms with Gasteiger partial charge in [-0.1, -0.05) is 39.3 Å². The molecule has 2 saturated carbocycles. The highest BCUT2D eigenvalue weighted by Crippen LogP contribution is 2.40. The minimum atomic E-state index is -0.641. The van der Waals surface area contributed by atoms with Gasteiger partial charge in [0.1, 0.15) is 11.2 Å². The summed E-state index contributed by atoms with van der Waals surface area (Å²) < 4.78 is 7.06. The van der Waals surface area contributed by atoms with Crippen molar-refractivity contribution in [3.63, 3.8) is 0 Å². The number of nitrogens with zero attached hydrogens (tertiary/aromatic N) is 6. The minimum Gasteiger partial charge on any atom is -0.365 e. The second-order valence-electron chi connectivity index (χ2n) is 12.9. The summed E-state index contributed by atoms with van der Waals surface area (Å²) in [6.07, 6.45) is 10.3. The van der Waals surface area contributed by atoms with Crippen LogP contribution in [0.3, 0.4) is 0 Å². The highest BCUT2D eigenvalue weighted by atomic mass is 16.5. The zero-order valence-corrected chi connectivity index (χ0v) is 24.2. The van der Waals surface area contributed by atoms with E-state index in [2.05, 4.69) is 66.8 Å². The molecule has 1 unspecified atom stereocenters. The Morgan fingerprint density at radius 2 is 1.90 bits per heavy atom. The first-order chi connectivity index (χ1) is 19.2. The zero-order chi connectivity index (χ0) is 28.0. The van der Waals surface area contributed by atoms with Gasteiger partial charge in [-0.15, -0.1) is 0 Å². The first-order valence-electron chi connectivity index (χ1n) is 14.7. The van der Waals surface area contributed by atoms with Gasteiger partial charge in [0.25, 0.3) is 0 Å². The Labute approximate surface area is 234 Å². The first-order valence-corrected chi connectivity index (χ1v) is 14.7. The molecule has 4 aromatic rings. The van der Waals surface area contributed by atoms with Crippen molar-refractivity contribution in [3.8, 4) is 23.2 Å². The second-order valence-corrected chi connectivity index (χ2v) is 12.9. The fourth-order valence-electron chi connectivity index (χ4n) is 6.04. The maximum absolute atomic E-state index is 11.7. The summed E-state index contributed by atoms with van der Waals surface area (Å²) in [6.45, 7) is 12.2. The van der Waals surface area contributed by atoms with Gasteiger partial charge in [0.05, 0.1) is 0 Å². The van der Waals surface area contributed by atoms with Crippen LogP contribution in [0.5, 0.6) is 0 Å². The van der Waals surface area contributed by atoms with E-state index in [0.717, 1.165) is 23.6 Å². The van der Waals surface area contributed by atoms with Crippen LogP contribution in [0.1, 0.15) is 91.0 Å². The van der Waals surface area contributed by atoms with E-state index >= 15 is 0 Å². The van der Waals surface area contributed by atoms with Gasteiger partial charge in [-0.25, -0.2) is 19.7 Å². The molecule has 0 bridgehead atoms. The van der Waals surface area contributed by atoms with Crippen molar-refractivity contribution in [2.75, 3.05) is 5.32 Å². The summed E-state index contributed by atoms with van der Waals surface area (Å²) in [4.78, 5) is 33.9. The Bertz CT molecular complexity index is 1550. The van der Waals surface area contributed by atoms with E-state index in [1.54, 1.807) is 0 Å². The van der Waals surface area contributed by atoms with E-state index in [1.165, 1.54) is 50.5 Å². The van der Waals surface area contributed by atoms with Crippen LogP contribution in [0.4, 0.5) is 5.82 Å². The van der Waals surface area contributed by atoms with E-state index in [1.807, 2.05) is 6.20 Å². The quantitative estimate of drug-likeness (QED) is 0.269. The molecule has 4 aromatic heterocycles. The van der Waals surface area contributed by atoms with Crippen LogP contribution >= 0.6 is 0 Å². The summed E-state index contributed by atoms with van der Waals surface area (Å²) >= 11 is 0. The molecule has 212 valence electrons. The molecule has 0 amide bonds. The van der Waals surface area contributed by atoms with E-state index in [0.29, 0.717) is 34.6 Å². The Balaban J connectivity index is 1.51. The Morgan fingerprint density at radius 1 is 1.12 bits per heavy atom. The van der Waals surface area contributed by atoms with Crippen LogP contribution in [0.15, 0.2) is 27.6 Å². The van der Waals surface area contributed by atoms with Gasteiger partial charge in [-0.3, -0.25) is 14.5 Å². The number of fused-ring (bicyclic) bond motifs is 1. The standard InChI is InChI=1S/C30H40N8O2/c1-17(2)21-11-14-31-22(15-21)28-35-25-23(38(28)16-19-9-12-30(4,5)13-10-19)24(32-18(3)20-7-6-8-20)33-26(34-25)27-36-29(39)40-37-27/h11,14-15,17-20H,6-10,12-13,16H2,1-5H3,(H,32,33,34)(H,36,37,39). The lowest BCUT2D eigenvalue weighted by Gasteiger charge is -2.35. The smallest absolute Gasteiger partial charge is 0.365 e. The highest BCUT2D eigenvalue weighted by Gasteiger charge is 2.31. The molecule has 40 heavy (non-hydrogen) atoms. The summed E-state index contributed by atoms with van der Waals surface area (Å²) in [5, 5.41) is 7.56. The highest BCUT2D eigenvalue weighted by molar-refractivity contribution is 5.88. The molecule has 2 fully saturated rings. The van der Waals surface area contributed by atoms with Crippen LogP contribution in [0.2, 0.25) is 0 Å². The zero-order valence-electron chi connectivity index (χ0n) is 24.2. The summed E-state index contributed by atoms with van der Waals surface area (Å²) in [6, 6.07) is 4.44. The Kier molecular flexibility index (Phi) is 6.96. The lowest BCUT2D eigenvalue weighted by atomic mass is 9.73. The number of hydrogen-bond donors (Lipinski definition) is 2. The fraction of sp³-hybridized carbons (Fsp3) is 0.600. The van der Waals surface area contributed by atoms with Gasteiger partial charge >= 0.3 is 5.76 Å². The molecule has 10 heteroatoms. The predicted octanol–water partition coefficient (Wildman–Crippen LogP) is 6.17. The predicted molar refractivity (Wildman–Crippen MR) is 155 cm³/mol. The van der Waals surface area contributed by atoms with Gasteiger partial charge in [0, 0.05) is 18.8 Å². The molecular weight excluding hydrogens is 504 g/mol. The Hall–Kier alpha value is -3.56. The average molecular weight is 545 g/mol. The molecule has 0 spiro atoms. The molecule has 0 aromatic carbocycles. The molecule has 0 radical (unpaired) electrons. The third-order valence-electron chi connectivity index (χ3n) is 9.06. The normalized spacial score (nSPS) is 18.8. The number of aromatic amines is 1. The molecular formula is C30H40N8O2. The van der Waals surface area contributed by atoms with Crippen LogP contribution in [0.25, 0.3) is 34.3 Å². The van der Waals surface area contributed by atoms with Gasteiger partial charge in [-0.05, 0) is 86.3 Å². The molecule has 1 atom stereocenters. The molecule has 4 heterocycles. The van der Waals surface area contributed by atoms with Crippen LogP contribution < -0.4 is 11.1 Å². The maximum atomic E-state index is 11.7. The van der Waals surface area contributed by atoms with Gasteiger partial charge in [0.15, 0.2) is 17.3 Å². The molecule has 2 aliphatic carbocycles. The third-order valence-corrected chi connectivity index (χ3v) is 9.06. The van der Waals surface area contributed by atoms with Crippen molar-refractivity contribution in [1.29, 1.82) is 0 Å². The number of rotatable bonds is 8. The monoisotopic (exact) mass is 544 g/mol. The van der Waals surface area contributed by atoms with Crippen molar-refractivity contribution in [1.82, 2.24) is 34.6 Å². The summed E-state index contributed by atoms with van der Waals surface area (Å²) in [5.41, 5.74) is 3.86. The van der Waals surface area contributed by atoms with Crippen molar-refractivity contribution >= 4 is 17.0 Å². The summed E-state index contributed by atoms with van der Waals surface area (Å²) in [5.74, 6) is 2.83. The number of H-pyrrole nitrogens is 1. The molecule has 0 aliphatic heterocycles. The van der Waals surface area contributed by atoms with E-state index in [9.17, 15) is 4.79 Å². The molecule has 2 N–H and O–H groups in total. The molecule has 2 aliphatic rings. The van der Waals surface area contributed by atoms with Crippen LogP contribution in [-0.2, 0) is 6.54 Å². The number of nitrogens with one attached hydrogen (secondary N) is 2.